The summed E-state index contributed by atoms with van der Waals surface area (Å²) in [5, 5.41) is 6.22. The zero-order valence-electron chi connectivity index (χ0n) is 18.8. The molecule has 0 saturated carbocycles. The van der Waals surface area contributed by atoms with E-state index in [0.29, 0.717) is 25.6 Å². The third kappa shape index (κ3) is 6.61. The maximum atomic E-state index is 12.5. The number of likely N-dealkylation sites (tertiary alicyclic amines) is 1. The molecule has 1 aromatic rings. The molecule has 2 amide bonds. The summed E-state index contributed by atoms with van der Waals surface area (Å²) in [5.74, 6) is 1.34. The van der Waals surface area contributed by atoms with Gasteiger partial charge in [0.1, 0.15) is 5.75 Å². The number of ether oxygens (including phenoxy) is 2. The lowest BCUT2D eigenvalue weighted by molar-refractivity contribution is 0.0506. The second-order valence-corrected chi connectivity index (χ2v) is 8.88. The Morgan fingerprint density at radius 2 is 1.83 bits per heavy atom. The molecule has 1 unspecified atom stereocenters. The molecule has 0 radical (unpaired) electrons. The number of benzene rings is 1. The van der Waals surface area contributed by atoms with Crippen LogP contribution in [0.5, 0.6) is 5.75 Å². The fraction of sp³-hybridized carbons (Fsp3) is 0.708. The van der Waals surface area contributed by atoms with E-state index >= 15 is 0 Å². The van der Waals surface area contributed by atoms with Crippen LogP contribution in [0.15, 0.2) is 24.3 Å². The highest BCUT2D eigenvalue weighted by Gasteiger charge is 2.35. The fourth-order valence-corrected chi connectivity index (χ4v) is 4.63. The van der Waals surface area contributed by atoms with E-state index in [1.54, 1.807) is 0 Å². The van der Waals surface area contributed by atoms with Crippen molar-refractivity contribution in [3.05, 3.63) is 29.8 Å². The summed E-state index contributed by atoms with van der Waals surface area (Å²) in [7, 11) is 0. The molecular formula is C24H39N3O3. The lowest BCUT2D eigenvalue weighted by atomic mass is 9.74. The van der Waals surface area contributed by atoms with Crippen LogP contribution in [-0.2, 0) is 10.2 Å². The second-order valence-electron chi connectivity index (χ2n) is 8.88. The van der Waals surface area contributed by atoms with Gasteiger partial charge in [-0.05, 0) is 69.3 Å². The quantitative estimate of drug-likeness (QED) is 0.645. The number of nitrogens with zero attached hydrogens (tertiary/aromatic N) is 1. The third-order valence-corrected chi connectivity index (χ3v) is 6.44. The Morgan fingerprint density at radius 3 is 2.50 bits per heavy atom. The number of hydrogen-bond acceptors (Lipinski definition) is 4. The van der Waals surface area contributed by atoms with Crippen molar-refractivity contribution in [1.29, 1.82) is 0 Å². The van der Waals surface area contributed by atoms with E-state index < -0.39 is 0 Å². The lowest BCUT2D eigenvalue weighted by Crippen LogP contribution is -2.48. The van der Waals surface area contributed by atoms with Crippen LogP contribution in [0.3, 0.4) is 0 Å². The molecule has 6 nitrogen and oxygen atoms in total. The third-order valence-electron chi connectivity index (χ3n) is 6.44. The first-order valence-corrected chi connectivity index (χ1v) is 11.7. The summed E-state index contributed by atoms with van der Waals surface area (Å²) in [6.45, 7) is 11.1. The molecule has 1 aromatic carbocycles. The average Bonchev–Trinajstić information content (AvgIpc) is 2.78. The Hall–Kier alpha value is -1.79. The minimum atomic E-state index is -0.0836. The first kappa shape index (κ1) is 22.9. The molecule has 0 aromatic heterocycles. The number of urea groups is 1. The Bertz CT molecular complexity index is 638. The van der Waals surface area contributed by atoms with Gasteiger partial charge in [-0.25, -0.2) is 4.79 Å². The molecule has 6 heteroatoms. The second kappa shape index (κ2) is 11.6. The van der Waals surface area contributed by atoms with Crippen LogP contribution in [0.1, 0.15) is 51.5 Å². The maximum Gasteiger partial charge on any atom is 0.314 e. The molecule has 1 atom stereocenters. The molecule has 30 heavy (non-hydrogen) atoms. The van der Waals surface area contributed by atoms with Gasteiger partial charge in [0.05, 0.1) is 6.61 Å². The van der Waals surface area contributed by atoms with Crippen LogP contribution in [0, 0.1) is 5.92 Å². The predicted octanol–water partition coefficient (Wildman–Crippen LogP) is 3.55. The molecule has 0 aliphatic carbocycles. The van der Waals surface area contributed by atoms with Gasteiger partial charge in [-0.1, -0.05) is 25.5 Å². The standard InChI is InChI=1S/C24H39N3O3/c1-3-30-22-9-7-21(8-10-22)24(11-15-29-16-12-24)19-26-23(28)25-17-20(2)18-27-13-5-4-6-14-27/h7-10,20H,3-6,11-19H2,1-2H3,(H2,25,26,28). The summed E-state index contributed by atoms with van der Waals surface area (Å²) in [5.41, 5.74) is 1.16. The number of hydrogen-bond donors (Lipinski definition) is 2. The molecular weight excluding hydrogens is 378 g/mol. The molecule has 0 spiro atoms. The van der Waals surface area contributed by atoms with Crippen LogP contribution in [0.2, 0.25) is 0 Å². The highest BCUT2D eigenvalue weighted by atomic mass is 16.5. The van der Waals surface area contributed by atoms with Crippen LogP contribution in [0.4, 0.5) is 4.79 Å². The van der Waals surface area contributed by atoms with Crippen LogP contribution >= 0.6 is 0 Å². The molecule has 2 aliphatic rings. The summed E-state index contributed by atoms with van der Waals surface area (Å²) >= 11 is 0. The Labute approximate surface area is 181 Å². The molecule has 168 valence electrons. The van der Waals surface area contributed by atoms with Crippen molar-refractivity contribution >= 4 is 6.03 Å². The molecule has 2 N–H and O–H groups in total. The first-order chi connectivity index (χ1) is 14.6. The average molecular weight is 418 g/mol. The molecule has 0 bridgehead atoms. The van der Waals surface area contributed by atoms with Crippen molar-refractivity contribution in [2.75, 3.05) is 52.5 Å². The lowest BCUT2D eigenvalue weighted by Gasteiger charge is -2.38. The van der Waals surface area contributed by atoms with Gasteiger partial charge in [0, 0.05) is 38.3 Å². The van der Waals surface area contributed by atoms with Gasteiger partial charge in [-0.3, -0.25) is 0 Å². The highest BCUT2D eigenvalue weighted by Crippen LogP contribution is 2.35. The van der Waals surface area contributed by atoms with Gasteiger partial charge in [0.25, 0.3) is 0 Å². The number of nitrogens with one attached hydrogen (secondary N) is 2. The zero-order chi connectivity index (χ0) is 21.2. The smallest absolute Gasteiger partial charge is 0.314 e. The molecule has 3 rings (SSSR count). The predicted molar refractivity (Wildman–Crippen MR) is 120 cm³/mol. The van der Waals surface area contributed by atoms with Gasteiger partial charge >= 0.3 is 6.03 Å². The summed E-state index contributed by atoms with van der Waals surface area (Å²) in [6.07, 6.45) is 5.78. The molecule has 2 fully saturated rings. The number of rotatable bonds is 9. The van der Waals surface area contributed by atoms with E-state index in [4.69, 9.17) is 9.47 Å². The Balaban J connectivity index is 1.49. The van der Waals surface area contributed by atoms with Gasteiger partial charge in [-0.15, -0.1) is 0 Å². The van der Waals surface area contributed by atoms with Gasteiger partial charge in [0.15, 0.2) is 0 Å². The van der Waals surface area contributed by atoms with E-state index in [9.17, 15) is 4.79 Å². The molecule has 2 saturated heterocycles. The summed E-state index contributed by atoms with van der Waals surface area (Å²) in [4.78, 5) is 15.0. The monoisotopic (exact) mass is 417 g/mol. The number of piperidine rings is 1. The number of carbonyl (C=O) groups excluding carboxylic acids is 1. The highest BCUT2D eigenvalue weighted by molar-refractivity contribution is 5.74. The Kier molecular flexibility index (Phi) is 8.82. The maximum absolute atomic E-state index is 12.5. The number of amides is 2. The zero-order valence-corrected chi connectivity index (χ0v) is 18.8. The van der Waals surface area contributed by atoms with Crippen LogP contribution in [0.25, 0.3) is 0 Å². The molecule has 2 aliphatic heterocycles. The molecule has 2 heterocycles. The van der Waals surface area contributed by atoms with E-state index in [2.05, 4.69) is 34.6 Å². The van der Waals surface area contributed by atoms with Crippen molar-refractivity contribution in [2.24, 2.45) is 5.92 Å². The first-order valence-electron chi connectivity index (χ1n) is 11.7. The van der Waals surface area contributed by atoms with Crippen LogP contribution in [-0.4, -0.2) is 63.5 Å². The summed E-state index contributed by atoms with van der Waals surface area (Å²) < 4.78 is 11.2. The van der Waals surface area contributed by atoms with Gasteiger partial charge in [0.2, 0.25) is 0 Å². The SMILES string of the molecule is CCOc1ccc(C2(CNC(=O)NCC(C)CN3CCCCC3)CCOCC2)cc1. The Morgan fingerprint density at radius 1 is 1.13 bits per heavy atom. The van der Waals surface area contributed by atoms with Crippen molar-refractivity contribution in [3.63, 3.8) is 0 Å². The summed E-state index contributed by atoms with van der Waals surface area (Å²) in [6, 6.07) is 8.25. The fourth-order valence-electron chi connectivity index (χ4n) is 4.63. The van der Waals surface area contributed by atoms with E-state index in [0.717, 1.165) is 38.3 Å². The van der Waals surface area contributed by atoms with Crippen molar-refractivity contribution < 1.29 is 14.3 Å². The van der Waals surface area contributed by atoms with Gasteiger partial charge in [-0.2, -0.15) is 0 Å². The minimum absolute atomic E-state index is 0.0719. The number of carbonyl (C=O) groups is 1. The van der Waals surface area contributed by atoms with Crippen molar-refractivity contribution in [2.45, 2.75) is 51.4 Å². The topological polar surface area (TPSA) is 62.8 Å². The van der Waals surface area contributed by atoms with E-state index in [1.807, 2.05) is 19.1 Å². The minimum Gasteiger partial charge on any atom is -0.494 e. The van der Waals surface area contributed by atoms with E-state index in [1.165, 1.54) is 37.9 Å². The van der Waals surface area contributed by atoms with Gasteiger partial charge < -0.3 is 25.0 Å². The van der Waals surface area contributed by atoms with Crippen molar-refractivity contribution in [3.8, 4) is 5.75 Å². The van der Waals surface area contributed by atoms with E-state index in [-0.39, 0.29) is 11.4 Å². The normalized spacial score (nSPS) is 20.3. The largest absolute Gasteiger partial charge is 0.494 e. The van der Waals surface area contributed by atoms with Crippen LogP contribution < -0.4 is 15.4 Å². The van der Waals surface area contributed by atoms with Crippen molar-refractivity contribution in [1.82, 2.24) is 15.5 Å².